The fourth-order valence-electron chi connectivity index (χ4n) is 2.95. The number of imidazole rings is 1. The molecule has 0 fully saturated rings. The lowest BCUT2D eigenvalue weighted by Gasteiger charge is -2.10. The zero-order valence-electron chi connectivity index (χ0n) is 15.3. The van der Waals surface area contributed by atoms with Crippen molar-refractivity contribution in [3.63, 3.8) is 0 Å². The number of nitrogens with zero attached hydrogens (tertiary/aromatic N) is 2. The van der Waals surface area contributed by atoms with Crippen LogP contribution < -0.4 is 14.8 Å². The number of carbonyl (C=O) groups is 1. The highest BCUT2D eigenvalue weighted by Crippen LogP contribution is 2.23. The highest BCUT2D eigenvalue weighted by Gasteiger charge is 2.20. The van der Waals surface area contributed by atoms with Crippen LogP contribution in [0.1, 0.15) is 35.6 Å². The first kappa shape index (κ1) is 17.8. The number of hydrogen-bond donors (Lipinski definition) is 1. The number of rotatable bonds is 7. The fraction of sp³-hybridized carbons (Fsp3) is 0.300. The first-order valence-corrected chi connectivity index (χ1v) is 8.72. The Morgan fingerprint density at radius 2 is 1.92 bits per heavy atom. The minimum absolute atomic E-state index is 0.172. The minimum atomic E-state index is -0.172. The van der Waals surface area contributed by atoms with E-state index >= 15 is 0 Å². The van der Waals surface area contributed by atoms with Crippen molar-refractivity contribution >= 4 is 11.6 Å². The fourth-order valence-corrected chi connectivity index (χ4v) is 2.95. The number of methoxy groups -OCH3 is 1. The molecule has 0 saturated heterocycles. The third-order valence-electron chi connectivity index (χ3n) is 4.17. The average molecular weight is 353 g/mol. The van der Waals surface area contributed by atoms with Crippen LogP contribution in [0, 0.1) is 0 Å². The number of hydrogen-bond acceptors (Lipinski definition) is 4. The summed E-state index contributed by atoms with van der Waals surface area (Å²) in [4.78, 5) is 17.5. The van der Waals surface area contributed by atoms with Gasteiger partial charge in [-0.25, -0.2) is 4.98 Å². The number of para-hydroxylation sites is 1. The summed E-state index contributed by atoms with van der Waals surface area (Å²) in [7, 11) is 1.62. The van der Waals surface area contributed by atoms with Gasteiger partial charge in [0.05, 0.1) is 19.4 Å². The van der Waals surface area contributed by atoms with Crippen LogP contribution in [0.3, 0.4) is 0 Å². The number of nitrogens with one attached hydrogen (secondary N) is 1. The minimum Gasteiger partial charge on any atom is -0.496 e. The molecule has 0 radical (unpaired) electrons. The van der Waals surface area contributed by atoms with Crippen molar-refractivity contribution in [2.24, 2.45) is 0 Å². The molecule has 0 spiro atoms. The second-order valence-corrected chi connectivity index (χ2v) is 5.75. The summed E-state index contributed by atoms with van der Waals surface area (Å²) in [6.07, 6.45) is 2.49. The number of fused-ring (bicyclic) bond motifs is 1. The number of amides is 1. The summed E-state index contributed by atoms with van der Waals surface area (Å²) >= 11 is 0. The van der Waals surface area contributed by atoms with E-state index in [1.165, 1.54) is 0 Å². The Morgan fingerprint density at radius 3 is 2.65 bits per heavy atom. The third kappa shape index (κ3) is 3.35. The van der Waals surface area contributed by atoms with Crippen molar-refractivity contribution in [1.29, 1.82) is 0 Å². The largest absolute Gasteiger partial charge is 0.496 e. The highest BCUT2D eigenvalue weighted by molar-refractivity contribution is 5.95. The van der Waals surface area contributed by atoms with Crippen molar-refractivity contribution in [3.8, 4) is 11.5 Å². The van der Waals surface area contributed by atoms with Crippen molar-refractivity contribution in [3.05, 3.63) is 59.5 Å². The molecule has 0 bridgehead atoms. The number of aryl methyl sites for hydroxylation is 1. The summed E-state index contributed by atoms with van der Waals surface area (Å²) in [6.45, 7) is 4.83. The van der Waals surface area contributed by atoms with Crippen LogP contribution in [0.5, 0.6) is 11.5 Å². The molecule has 3 aromatic rings. The monoisotopic (exact) mass is 353 g/mol. The second kappa shape index (κ2) is 7.91. The molecule has 1 amide bonds. The van der Waals surface area contributed by atoms with E-state index in [-0.39, 0.29) is 5.91 Å². The van der Waals surface area contributed by atoms with Crippen LogP contribution in [0.25, 0.3) is 5.65 Å². The quantitative estimate of drug-likeness (QED) is 0.708. The summed E-state index contributed by atoms with van der Waals surface area (Å²) < 4.78 is 12.8. The summed E-state index contributed by atoms with van der Waals surface area (Å²) in [5.41, 5.74) is 2.87. The number of pyridine rings is 1. The molecule has 6 nitrogen and oxygen atoms in total. The Kier molecular flexibility index (Phi) is 5.41. The highest BCUT2D eigenvalue weighted by atomic mass is 16.5. The van der Waals surface area contributed by atoms with E-state index in [4.69, 9.17) is 9.47 Å². The standard InChI is InChI=1S/C20H23N3O3/c1-4-15-18(23-12-8-11-17(26-5-2)19(23)22-15)20(24)21-13-14-9-6-7-10-16(14)25-3/h6-12H,4-5,13H2,1-3H3,(H,21,24). The van der Waals surface area contributed by atoms with E-state index in [0.29, 0.717) is 36.7 Å². The molecular weight excluding hydrogens is 330 g/mol. The lowest BCUT2D eigenvalue weighted by molar-refractivity contribution is 0.0944. The summed E-state index contributed by atoms with van der Waals surface area (Å²) in [5, 5.41) is 2.97. The molecule has 0 unspecified atom stereocenters. The van der Waals surface area contributed by atoms with Gasteiger partial charge in [-0.2, -0.15) is 0 Å². The Morgan fingerprint density at radius 1 is 1.15 bits per heavy atom. The topological polar surface area (TPSA) is 64.9 Å². The molecule has 136 valence electrons. The molecule has 0 aliphatic rings. The van der Waals surface area contributed by atoms with Crippen LogP contribution in [0.15, 0.2) is 42.6 Å². The molecule has 0 aliphatic carbocycles. The predicted octanol–water partition coefficient (Wildman–Crippen LogP) is 3.23. The molecule has 1 aromatic carbocycles. The predicted molar refractivity (Wildman–Crippen MR) is 99.9 cm³/mol. The second-order valence-electron chi connectivity index (χ2n) is 5.75. The maximum atomic E-state index is 12.9. The normalized spacial score (nSPS) is 10.7. The molecule has 6 heteroatoms. The summed E-state index contributed by atoms with van der Waals surface area (Å²) in [5.74, 6) is 1.25. The SMILES string of the molecule is CCOc1cccn2c(C(=O)NCc3ccccc3OC)c(CC)nc12. The lowest BCUT2D eigenvalue weighted by atomic mass is 10.2. The Hall–Kier alpha value is -3.02. The molecule has 2 aromatic heterocycles. The van der Waals surface area contributed by atoms with Crippen LogP contribution in [0.2, 0.25) is 0 Å². The first-order valence-electron chi connectivity index (χ1n) is 8.72. The zero-order valence-corrected chi connectivity index (χ0v) is 15.3. The van der Waals surface area contributed by atoms with E-state index in [2.05, 4.69) is 10.3 Å². The van der Waals surface area contributed by atoms with Gasteiger partial charge in [0.2, 0.25) is 0 Å². The maximum absolute atomic E-state index is 12.9. The molecule has 0 atom stereocenters. The Bertz CT molecular complexity index is 918. The van der Waals surface area contributed by atoms with Gasteiger partial charge in [-0.1, -0.05) is 25.1 Å². The van der Waals surface area contributed by atoms with Gasteiger partial charge in [-0.05, 0) is 31.5 Å². The number of ether oxygens (including phenoxy) is 2. The van der Waals surface area contributed by atoms with E-state index in [1.54, 1.807) is 11.5 Å². The van der Waals surface area contributed by atoms with Crippen molar-refractivity contribution in [2.75, 3.05) is 13.7 Å². The molecule has 3 rings (SSSR count). The van der Waals surface area contributed by atoms with Crippen molar-refractivity contribution in [1.82, 2.24) is 14.7 Å². The van der Waals surface area contributed by atoms with Gasteiger partial charge >= 0.3 is 0 Å². The smallest absolute Gasteiger partial charge is 0.270 e. The van der Waals surface area contributed by atoms with Gasteiger partial charge in [0, 0.05) is 18.3 Å². The van der Waals surface area contributed by atoms with Crippen molar-refractivity contribution in [2.45, 2.75) is 26.8 Å². The van der Waals surface area contributed by atoms with Gasteiger partial charge in [0.15, 0.2) is 11.4 Å². The van der Waals surface area contributed by atoms with Gasteiger partial charge < -0.3 is 14.8 Å². The lowest BCUT2D eigenvalue weighted by Crippen LogP contribution is -2.25. The maximum Gasteiger partial charge on any atom is 0.270 e. The molecule has 26 heavy (non-hydrogen) atoms. The Labute approximate surface area is 152 Å². The van der Waals surface area contributed by atoms with Crippen LogP contribution in [-0.2, 0) is 13.0 Å². The van der Waals surface area contributed by atoms with Gasteiger partial charge in [0.25, 0.3) is 5.91 Å². The first-order chi connectivity index (χ1) is 12.7. The van der Waals surface area contributed by atoms with E-state index < -0.39 is 0 Å². The zero-order chi connectivity index (χ0) is 18.5. The van der Waals surface area contributed by atoms with Crippen LogP contribution >= 0.6 is 0 Å². The van der Waals surface area contributed by atoms with Crippen LogP contribution in [-0.4, -0.2) is 29.0 Å². The van der Waals surface area contributed by atoms with Gasteiger partial charge in [-0.3, -0.25) is 9.20 Å². The van der Waals surface area contributed by atoms with E-state index in [0.717, 1.165) is 17.0 Å². The van der Waals surface area contributed by atoms with E-state index in [1.807, 2.05) is 56.4 Å². The molecule has 0 saturated carbocycles. The van der Waals surface area contributed by atoms with Gasteiger partial charge in [0.1, 0.15) is 11.4 Å². The third-order valence-corrected chi connectivity index (χ3v) is 4.17. The summed E-state index contributed by atoms with van der Waals surface area (Å²) in [6, 6.07) is 11.4. The number of benzene rings is 1. The molecule has 1 N–H and O–H groups in total. The molecule has 2 heterocycles. The molecular formula is C20H23N3O3. The average Bonchev–Trinajstić information content (AvgIpc) is 3.06. The van der Waals surface area contributed by atoms with Gasteiger partial charge in [-0.15, -0.1) is 0 Å². The van der Waals surface area contributed by atoms with E-state index in [9.17, 15) is 4.79 Å². The number of aromatic nitrogens is 2. The van der Waals surface area contributed by atoms with Crippen LogP contribution in [0.4, 0.5) is 0 Å². The Balaban J connectivity index is 1.91. The number of carbonyl (C=O) groups excluding carboxylic acids is 1. The van der Waals surface area contributed by atoms with Crippen molar-refractivity contribution < 1.29 is 14.3 Å². The molecule has 0 aliphatic heterocycles.